The summed E-state index contributed by atoms with van der Waals surface area (Å²) in [7, 11) is 1.88. The van der Waals surface area contributed by atoms with Crippen molar-refractivity contribution in [3.8, 4) is 0 Å². The third-order valence-electron chi connectivity index (χ3n) is 2.78. The molecule has 0 amide bonds. The van der Waals surface area contributed by atoms with Crippen molar-refractivity contribution in [1.29, 1.82) is 0 Å². The van der Waals surface area contributed by atoms with E-state index >= 15 is 0 Å². The Kier molecular flexibility index (Phi) is 3.32. The number of Topliss-reactive ketones (excluding diaryl/α,β-unsaturated/α-hetero) is 1. The summed E-state index contributed by atoms with van der Waals surface area (Å²) in [5, 5.41) is 0. The van der Waals surface area contributed by atoms with Crippen LogP contribution in [0.15, 0.2) is 30.7 Å². The Morgan fingerprint density at radius 2 is 2.18 bits per heavy atom. The molecule has 0 atom stereocenters. The molecule has 0 aliphatic carbocycles. The Bertz CT molecular complexity index is 531. The van der Waals surface area contributed by atoms with Gasteiger partial charge in [0, 0.05) is 25.6 Å². The normalized spacial score (nSPS) is 10.5. The zero-order chi connectivity index (χ0) is 12.3. The highest BCUT2D eigenvalue weighted by Gasteiger charge is 2.14. The van der Waals surface area contributed by atoms with E-state index in [1.807, 2.05) is 36.9 Å². The van der Waals surface area contributed by atoms with E-state index < -0.39 is 0 Å². The predicted molar refractivity (Wildman–Crippen MR) is 64.9 cm³/mol. The molecule has 2 aromatic rings. The van der Waals surface area contributed by atoms with Crippen LogP contribution in [0.5, 0.6) is 0 Å². The Hall–Kier alpha value is -1.97. The highest BCUT2D eigenvalue weighted by atomic mass is 16.1. The summed E-state index contributed by atoms with van der Waals surface area (Å²) in [5.41, 5.74) is 1.56. The maximum atomic E-state index is 12.1. The summed E-state index contributed by atoms with van der Waals surface area (Å²) >= 11 is 0. The first-order chi connectivity index (χ1) is 8.22. The molecule has 4 nitrogen and oxygen atoms in total. The van der Waals surface area contributed by atoms with Crippen LogP contribution in [0.4, 0.5) is 0 Å². The van der Waals surface area contributed by atoms with Crippen LogP contribution in [0.1, 0.15) is 28.8 Å². The number of nitrogens with zero attached hydrogens (tertiary/aromatic N) is 3. The molecule has 0 unspecified atom stereocenters. The van der Waals surface area contributed by atoms with Crippen LogP contribution < -0.4 is 0 Å². The topological polar surface area (TPSA) is 47.8 Å². The SMILES string of the molecule is CCc1cccnc1C(=O)Cc1nccn1C. The van der Waals surface area contributed by atoms with Gasteiger partial charge in [-0.25, -0.2) is 4.98 Å². The van der Waals surface area contributed by atoms with Gasteiger partial charge in [0.15, 0.2) is 5.78 Å². The second-order valence-corrected chi connectivity index (χ2v) is 3.92. The Labute approximate surface area is 100 Å². The molecule has 2 heterocycles. The van der Waals surface area contributed by atoms with Crippen LogP contribution >= 0.6 is 0 Å². The number of aryl methyl sites for hydroxylation is 2. The monoisotopic (exact) mass is 229 g/mol. The summed E-state index contributed by atoms with van der Waals surface area (Å²) in [5.74, 6) is 0.791. The molecule has 4 heteroatoms. The van der Waals surface area contributed by atoms with Crippen LogP contribution in [-0.2, 0) is 19.9 Å². The van der Waals surface area contributed by atoms with E-state index in [9.17, 15) is 4.79 Å². The molecule has 0 N–H and O–H groups in total. The molecule has 2 rings (SSSR count). The van der Waals surface area contributed by atoms with E-state index in [2.05, 4.69) is 9.97 Å². The molecule has 0 bridgehead atoms. The van der Waals surface area contributed by atoms with Gasteiger partial charge in [-0.15, -0.1) is 0 Å². The number of pyridine rings is 1. The van der Waals surface area contributed by atoms with Gasteiger partial charge in [-0.2, -0.15) is 0 Å². The van der Waals surface area contributed by atoms with Crippen molar-refractivity contribution in [1.82, 2.24) is 14.5 Å². The number of carbonyl (C=O) groups is 1. The fourth-order valence-corrected chi connectivity index (χ4v) is 1.77. The van der Waals surface area contributed by atoms with Crippen molar-refractivity contribution < 1.29 is 4.79 Å². The average molecular weight is 229 g/mol. The fourth-order valence-electron chi connectivity index (χ4n) is 1.77. The Morgan fingerprint density at radius 1 is 1.35 bits per heavy atom. The molecule has 0 aromatic carbocycles. The van der Waals surface area contributed by atoms with Crippen molar-refractivity contribution >= 4 is 5.78 Å². The van der Waals surface area contributed by atoms with Gasteiger partial charge in [0.05, 0.1) is 6.42 Å². The third kappa shape index (κ3) is 2.41. The summed E-state index contributed by atoms with van der Waals surface area (Å²) in [4.78, 5) is 20.5. The number of rotatable bonds is 4. The van der Waals surface area contributed by atoms with E-state index in [1.54, 1.807) is 12.4 Å². The molecule has 0 aliphatic rings. The molecular weight excluding hydrogens is 214 g/mol. The zero-order valence-electron chi connectivity index (χ0n) is 10.1. The molecule has 17 heavy (non-hydrogen) atoms. The minimum absolute atomic E-state index is 0.0248. The van der Waals surface area contributed by atoms with E-state index in [0.717, 1.165) is 17.8 Å². The second kappa shape index (κ2) is 4.91. The lowest BCUT2D eigenvalue weighted by Crippen LogP contribution is -2.12. The van der Waals surface area contributed by atoms with Gasteiger partial charge in [0.25, 0.3) is 0 Å². The number of hydrogen-bond acceptors (Lipinski definition) is 3. The fraction of sp³-hybridized carbons (Fsp3) is 0.308. The lowest BCUT2D eigenvalue weighted by molar-refractivity contribution is 0.0984. The van der Waals surface area contributed by atoms with E-state index in [0.29, 0.717) is 12.1 Å². The zero-order valence-corrected chi connectivity index (χ0v) is 10.1. The first-order valence-electron chi connectivity index (χ1n) is 5.65. The minimum Gasteiger partial charge on any atom is -0.338 e. The number of carbonyl (C=O) groups excluding carboxylic acids is 1. The summed E-state index contributed by atoms with van der Waals surface area (Å²) in [6, 6.07) is 3.80. The van der Waals surface area contributed by atoms with Crippen LogP contribution in [-0.4, -0.2) is 20.3 Å². The maximum absolute atomic E-state index is 12.1. The largest absolute Gasteiger partial charge is 0.338 e. The van der Waals surface area contributed by atoms with Gasteiger partial charge in [-0.3, -0.25) is 9.78 Å². The molecule has 0 spiro atoms. The van der Waals surface area contributed by atoms with E-state index in [4.69, 9.17) is 0 Å². The van der Waals surface area contributed by atoms with Crippen LogP contribution in [0.25, 0.3) is 0 Å². The van der Waals surface area contributed by atoms with E-state index in [-0.39, 0.29) is 5.78 Å². The smallest absolute Gasteiger partial charge is 0.188 e. The number of imidazole rings is 1. The second-order valence-electron chi connectivity index (χ2n) is 3.92. The first-order valence-corrected chi connectivity index (χ1v) is 5.65. The molecule has 0 saturated carbocycles. The van der Waals surface area contributed by atoms with Gasteiger partial charge in [0.2, 0.25) is 0 Å². The highest BCUT2D eigenvalue weighted by molar-refractivity contribution is 5.96. The summed E-state index contributed by atoms with van der Waals surface area (Å²) in [6.45, 7) is 2.02. The highest BCUT2D eigenvalue weighted by Crippen LogP contribution is 2.09. The Balaban J connectivity index is 2.23. The molecule has 0 radical (unpaired) electrons. The van der Waals surface area contributed by atoms with Crippen LogP contribution in [0.2, 0.25) is 0 Å². The van der Waals surface area contributed by atoms with Crippen molar-refractivity contribution in [2.45, 2.75) is 19.8 Å². The average Bonchev–Trinajstić information content (AvgIpc) is 2.75. The maximum Gasteiger partial charge on any atom is 0.188 e. The van der Waals surface area contributed by atoms with Gasteiger partial charge < -0.3 is 4.57 Å². The third-order valence-corrected chi connectivity index (χ3v) is 2.78. The lowest BCUT2D eigenvalue weighted by atomic mass is 10.1. The molecule has 2 aromatic heterocycles. The quantitative estimate of drug-likeness (QED) is 0.751. The minimum atomic E-state index is 0.0248. The number of hydrogen-bond donors (Lipinski definition) is 0. The number of aromatic nitrogens is 3. The summed E-state index contributed by atoms with van der Waals surface area (Å²) in [6.07, 6.45) is 6.30. The predicted octanol–water partition coefficient (Wildman–Crippen LogP) is 1.80. The van der Waals surface area contributed by atoms with Gasteiger partial charge in [-0.05, 0) is 18.1 Å². The van der Waals surface area contributed by atoms with Crippen molar-refractivity contribution in [3.05, 3.63) is 47.8 Å². The Morgan fingerprint density at radius 3 is 2.82 bits per heavy atom. The van der Waals surface area contributed by atoms with Gasteiger partial charge >= 0.3 is 0 Å². The molecule has 0 aliphatic heterocycles. The molecule has 0 saturated heterocycles. The van der Waals surface area contributed by atoms with Crippen molar-refractivity contribution in [2.75, 3.05) is 0 Å². The number of ketones is 1. The standard InChI is InChI=1S/C13H15N3O/c1-3-10-5-4-6-15-13(10)11(17)9-12-14-7-8-16(12)2/h4-8H,3,9H2,1-2H3. The summed E-state index contributed by atoms with van der Waals surface area (Å²) < 4.78 is 1.85. The van der Waals surface area contributed by atoms with E-state index in [1.165, 1.54) is 0 Å². The van der Waals surface area contributed by atoms with Crippen LogP contribution in [0, 0.1) is 0 Å². The van der Waals surface area contributed by atoms with Gasteiger partial charge in [-0.1, -0.05) is 13.0 Å². The first kappa shape index (κ1) is 11.5. The van der Waals surface area contributed by atoms with Crippen molar-refractivity contribution in [3.63, 3.8) is 0 Å². The van der Waals surface area contributed by atoms with Gasteiger partial charge in [0.1, 0.15) is 11.5 Å². The molecule has 88 valence electrons. The molecule has 0 fully saturated rings. The van der Waals surface area contributed by atoms with Crippen LogP contribution in [0.3, 0.4) is 0 Å². The lowest BCUT2D eigenvalue weighted by Gasteiger charge is -2.05. The van der Waals surface area contributed by atoms with Crippen molar-refractivity contribution in [2.24, 2.45) is 7.05 Å². The molecular formula is C13H15N3O.